The van der Waals surface area contributed by atoms with Crippen LogP contribution in [0.4, 0.5) is 4.79 Å². The second-order valence-corrected chi connectivity index (χ2v) is 6.10. The topological polar surface area (TPSA) is 59.6 Å². The first-order valence-electron chi connectivity index (χ1n) is 7.47. The molecule has 1 atom stereocenters. The van der Waals surface area contributed by atoms with E-state index in [4.69, 9.17) is 21.1 Å². The van der Waals surface area contributed by atoms with Crippen molar-refractivity contribution in [2.75, 3.05) is 26.9 Å². The molecule has 1 aromatic carbocycles. The van der Waals surface area contributed by atoms with Gasteiger partial charge in [0.05, 0.1) is 6.54 Å². The SMILES string of the molecule is CO[C@@](C)(CNC(=O)NC1CCOCC1)c1cccc(Cl)c1. The van der Waals surface area contributed by atoms with Crippen LogP contribution in [0.25, 0.3) is 0 Å². The van der Waals surface area contributed by atoms with Gasteiger partial charge in [-0.25, -0.2) is 4.79 Å². The van der Waals surface area contributed by atoms with Crippen LogP contribution in [0, 0.1) is 0 Å². The van der Waals surface area contributed by atoms with E-state index in [9.17, 15) is 4.79 Å². The maximum Gasteiger partial charge on any atom is 0.315 e. The Balaban J connectivity index is 1.90. The summed E-state index contributed by atoms with van der Waals surface area (Å²) in [7, 11) is 1.62. The molecule has 1 fully saturated rings. The molecule has 0 unspecified atom stereocenters. The van der Waals surface area contributed by atoms with Crippen LogP contribution in [0.3, 0.4) is 0 Å². The molecule has 1 aliphatic rings. The Morgan fingerprint density at radius 3 is 2.82 bits per heavy atom. The lowest BCUT2D eigenvalue weighted by atomic mass is 9.95. The van der Waals surface area contributed by atoms with Crippen molar-refractivity contribution in [2.45, 2.75) is 31.4 Å². The zero-order valence-electron chi connectivity index (χ0n) is 13.0. The van der Waals surface area contributed by atoms with E-state index in [-0.39, 0.29) is 12.1 Å². The van der Waals surface area contributed by atoms with Gasteiger partial charge in [0.2, 0.25) is 0 Å². The molecule has 1 heterocycles. The van der Waals surface area contributed by atoms with Crippen LogP contribution in [-0.4, -0.2) is 38.9 Å². The van der Waals surface area contributed by atoms with Gasteiger partial charge in [-0.3, -0.25) is 0 Å². The molecule has 2 rings (SSSR count). The summed E-state index contributed by atoms with van der Waals surface area (Å²) in [6, 6.07) is 7.46. The van der Waals surface area contributed by atoms with E-state index in [0.29, 0.717) is 24.8 Å². The monoisotopic (exact) mass is 326 g/mol. The highest BCUT2D eigenvalue weighted by atomic mass is 35.5. The third-order valence-electron chi connectivity index (χ3n) is 4.03. The number of rotatable bonds is 5. The van der Waals surface area contributed by atoms with E-state index in [2.05, 4.69) is 10.6 Å². The van der Waals surface area contributed by atoms with E-state index in [1.807, 2.05) is 31.2 Å². The Bertz CT molecular complexity index is 506. The van der Waals surface area contributed by atoms with Crippen LogP contribution in [0.5, 0.6) is 0 Å². The molecular formula is C16H23ClN2O3. The quantitative estimate of drug-likeness (QED) is 0.874. The van der Waals surface area contributed by atoms with Gasteiger partial charge < -0.3 is 20.1 Å². The number of amides is 2. The van der Waals surface area contributed by atoms with E-state index in [1.165, 1.54) is 0 Å². The Kier molecular flexibility index (Phi) is 6.06. The number of carbonyl (C=O) groups is 1. The highest BCUT2D eigenvalue weighted by molar-refractivity contribution is 6.30. The Morgan fingerprint density at radius 1 is 1.45 bits per heavy atom. The van der Waals surface area contributed by atoms with Gasteiger partial charge in [-0.05, 0) is 37.5 Å². The standard InChI is InChI=1S/C16H23ClN2O3/c1-16(21-2,12-4-3-5-13(17)10-12)11-18-15(20)19-14-6-8-22-9-7-14/h3-5,10,14H,6-9,11H2,1-2H3,(H2,18,19,20)/t16-/m0/s1. The van der Waals surface area contributed by atoms with Crippen LogP contribution in [0.2, 0.25) is 5.02 Å². The number of urea groups is 1. The van der Waals surface area contributed by atoms with Crippen molar-refractivity contribution < 1.29 is 14.3 Å². The molecule has 1 aliphatic heterocycles. The summed E-state index contributed by atoms with van der Waals surface area (Å²) < 4.78 is 10.9. The number of benzene rings is 1. The normalized spacial score (nSPS) is 18.5. The lowest BCUT2D eigenvalue weighted by Gasteiger charge is -2.30. The second-order valence-electron chi connectivity index (χ2n) is 5.66. The number of halogens is 1. The Hall–Kier alpha value is -1.30. The Morgan fingerprint density at radius 2 is 2.18 bits per heavy atom. The summed E-state index contributed by atoms with van der Waals surface area (Å²) in [5.74, 6) is 0. The van der Waals surface area contributed by atoms with Gasteiger partial charge in [0.25, 0.3) is 0 Å². The molecule has 0 bridgehead atoms. The van der Waals surface area contributed by atoms with Crippen LogP contribution in [-0.2, 0) is 15.1 Å². The smallest absolute Gasteiger partial charge is 0.315 e. The fourth-order valence-corrected chi connectivity index (χ4v) is 2.63. The minimum atomic E-state index is -0.627. The van der Waals surface area contributed by atoms with Crippen LogP contribution >= 0.6 is 11.6 Å². The van der Waals surface area contributed by atoms with Gasteiger partial charge in [-0.2, -0.15) is 0 Å². The third-order valence-corrected chi connectivity index (χ3v) is 4.26. The molecular weight excluding hydrogens is 304 g/mol. The van der Waals surface area contributed by atoms with E-state index in [0.717, 1.165) is 18.4 Å². The molecule has 0 saturated carbocycles. The van der Waals surface area contributed by atoms with Crippen molar-refractivity contribution >= 4 is 17.6 Å². The molecule has 2 amide bonds. The zero-order chi connectivity index (χ0) is 16.0. The van der Waals surface area contributed by atoms with Gasteiger partial charge in [0.15, 0.2) is 0 Å². The molecule has 22 heavy (non-hydrogen) atoms. The summed E-state index contributed by atoms with van der Waals surface area (Å²) in [5.41, 5.74) is 0.298. The van der Waals surface area contributed by atoms with Crippen molar-refractivity contribution in [3.63, 3.8) is 0 Å². The molecule has 1 aromatic rings. The molecule has 122 valence electrons. The van der Waals surface area contributed by atoms with Gasteiger partial charge in [-0.1, -0.05) is 23.7 Å². The molecule has 0 aliphatic carbocycles. The van der Waals surface area contributed by atoms with E-state index < -0.39 is 5.60 Å². The first kappa shape index (κ1) is 17.1. The summed E-state index contributed by atoms with van der Waals surface area (Å²) in [6.07, 6.45) is 1.70. The number of methoxy groups -OCH3 is 1. The number of ether oxygens (including phenoxy) is 2. The summed E-state index contributed by atoms with van der Waals surface area (Å²) in [5, 5.41) is 6.49. The molecule has 0 spiro atoms. The van der Waals surface area contributed by atoms with Crippen molar-refractivity contribution in [3.05, 3.63) is 34.9 Å². The minimum absolute atomic E-state index is 0.175. The van der Waals surface area contributed by atoms with Crippen LogP contribution in [0.1, 0.15) is 25.3 Å². The minimum Gasteiger partial charge on any atom is -0.381 e. The number of hydrogen-bond acceptors (Lipinski definition) is 3. The predicted molar refractivity (Wildman–Crippen MR) is 86.2 cm³/mol. The average molecular weight is 327 g/mol. The first-order chi connectivity index (χ1) is 10.5. The number of hydrogen-bond donors (Lipinski definition) is 2. The largest absolute Gasteiger partial charge is 0.381 e. The summed E-state index contributed by atoms with van der Waals surface area (Å²) >= 11 is 6.03. The predicted octanol–water partition coefficient (Wildman–Crippen LogP) is 2.68. The fourth-order valence-electron chi connectivity index (χ4n) is 2.44. The van der Waals surface area contributed by atoms with Crippen molar-refractivity contribution in [1.29, 1.82) is 0 Å². The van der Waals surface area contributed by atoms with Crippen molar-refractivity contribution in [1.82, 2.24) is 10.6 Å². The number of carbonyl (C=O) groups excluding carboxylic acids is 1. The van der Waals surface area contributed by atoms with Gasteiger partial charge in [-0.15, -0.1) is 0 Å². The third kappa shape index (κ3) is 4.60. The van der Waals surface area contributed by atoms with Crippen molar-refractivity contribution in [2.24, 2.45) is 0 Å². The van der Waals surface area contributed by atoms with Crippen LogP contribution < -0.4 is 10.6 Å². The van der Waals surface area contributed by atoms with Crippen LogP contribution in [0.15, 0.2) is 24.3 Å². The van der Waals surface area contributed by atoms with Gasteiger partial charge >= 0.3 is 6.03 Å². The zero-order valence-corrected chi connectivity index (χ0v) is 13.8. The van der Waals surface area contributed by atoms with E-state index in [1.54, 1.807) is 7.11 Å². The lowest BCUT2D eigenvalue weighted by Crippen LogP contribution is -2.48. The highest BCUT2D eigenvalue weighted by Gasteiger charge is 2.27. The molecule has 2 N–H and O–H groups in total. The lowest BCUT2D eigenvalue weighted by molar-refractivity contribution is 0.00464. The van der Waals surface area contributed by atoms with Crippen molar-refractivity contribution in [3.8, 4) is 0 Å². The maximum absolute atomic E-state index is 12.0. The van der Waals surface area contributed by atoms with E-state index >= 15 is 0 Å². The first-order valence-corrected chi connectivity index (χ1v) is 7.84. The number of nitrogens with one attached hydrogen (secondary N) is 2. The molecule has 1 saturated heterocycles. The second kappa shape index (κ2) is 7.81. The summed E-state index contributed by atoms with van der Waals surface area (Å²) in [6.45, 7) is 3.68. The molecule has 5 nitrogen and oxygen atoms in total. The fraction of sp³-hybridized carbons (Fsp3) is 0.562. The maximum atomic E-state index is 12.0. The summed E-state index contributed by atoms with van der Waals surface area (Å²) in [4.78, 5) is 12.0. The highest BCUT2D eigenvalue weighted by Crippen LogP contribution is 2.26. The average Bonchev–Trinajstić information content (AvgIpc) is 2.53. The molecule has 0 radical (unpaired) electrons. The van der Waals surface area contributed by atoms with Gasteiger partial charge in [0, 0.05) is 31.4 Å². The van der Waals surface area contributed by atoms with Gasteiger partial charge in [0.1, 0.15) is 5.60 Å². The molecule has 6 heteroatoms. The molecule has 0 aromatic heterocycles. The Labute approximate surface area is 136 Å².